The maximum absolute atomic E-state index is 12.4. The first-order valence-corrected chi connectivity index (χ1v) is 8.87. The molecule has 1 saturated heterocycles. The monoisotopic (exact) mass is 322 g/mol. The highest BCUT2D eigenvalue weighted by Gasteiger charge is 2.24. The van der Waals surface area contributed by atoms with Crippen LogP contribution in [-0.2, 0) is 4.79 Å². The summed E-state index contributed by atoms with van der Waals surface area (Å²) < 4.78 is 0. The maximum Gasteiger partial charge on any atom is 0.235 e. The molecule has 1 amide bonds. The van der Waals surface area contributed by atoms with Crippen molar-refractivity contribution >= 4 is 45.0 Å². The van der Waals surface area contributed by atoms with Crippen LogP contribution in [0.1, 0.15) is 26.2 Å². The van der Waals surface area contributed by atoms with Crippen LogP contribution in [0.3, 0.4) is 0 Å². The molecule has 112 valence electrons. The zero-order chi connectivity index (χ0) is 14.8. The summed E-state index contributed by atoms with van der Waals surface area (Å²) in [6.45, 7) is 3.66. The molecule has 5 nitrogen and oxygen atoms in total. The van der Waals surface area contributed by atoms with Crippen molar-refractivity contribution in [1.82, 2.24) is 14.9 Å². The molecule has 0 spiro atoms. The molecule has 1 unspecified atom stereocenters. The average molecular weight is 322 g/mol. The number of carbonyl (C=O) groups excluding carboxylic acids is 1. The fourth-order valence-corrected chi connectivity index (χ4v) is 4.18. The molecule has 0 aromatic carbocycles. The number of anilines is 1. The molecule has 0 aliphatic carbocycles. The van der Waals surface area contributed by atoms with Gasteiger partial charge in [-0.05, 0) is 37.6 Å². The summed E-state index contributed by atoms with van der Waals surface area (Å²) in [6.07, 6.45) is 3.43. The molecule has 1 aliphatic rings. The summed E-state index contributed by atoms with van der Waals surface area (Å²) in [4.78, 5) is 24.0. The van der Waals surface area contributed by atoms with E-state index in [4.69, 9.17) is 5.73 Å². The number of aromatic nitrogens is 2. The molecule has 2 aromatic heterocycles. The van der Waals surface area contributed by atoms with E-state index in [0.29, 0.717) is 11.0 Å². The lowest BCUT2D eigenvalue weighted by molar-refractivity contribution is -0.131. The van der Waals surface area contributed by atoms with Crippen molar-refractivity contribution in [3.63, 3.8) is 0 Å². The fraction of sp³-hybridized carbons (Fsp3) is 0.500. The van der Waals surface area contributed by atoms with E-state index in [1.165, 1.54) is 29.5 Å². The molecule has 2 aromatic rings. The van der Waals surface area contributed by atoms with Crippen molar-refractivity contribution in [1.29, 1.82) is 0 Å². The van der Waals surface area contributed by atoms with Crippen LogP contribution in [0, 0.1) is 0 Å². The summed E-state index contributed by atoms with van der Waals surface area (Å²) in [6, 6.07) is 1.92. The van der Waals surface area contributed by atoms with Crippen LogP contribution in [0.25, 0.3) is 10.2 Å². The second-order valence-corrected chi connectivity index (χ2v) is 7.38. The third-order valence-electron chi connectivity index (χ3n) is 3.63. The van der Waals surface area contributed by atoms with Crippen molar-refractivity contribution in [2.75, 3.05) is 18.8 Å². The Labute approximate surface area is 131 Å². The summed E-state index contributed by atoms with van der Waals surface area (Å²) in [5.41, 5.74) is 5.94. The van der Waals surface area contributed by atoms with E-state index in [1.54, 1.807) is 0 Å². The number of carbonyl (C=O) groups is 1. The van der Waals surface area contributed by atoms with Gasteiger partial charge in [-0.2, -0.15) is 0 Å². The van der Waals surface area contributed by atoms with E-state index in [9.17, 15) is 4.79 Å². The Hall–Kier alpha value is -1.34. The highest BCUT2D eigenvalue weighted by molar-refractivity contribution is 8.00. The molecule has 7 heteroatoms. The second kappa shape index (κ2) is 6.19. The Morgan fingerprint density at radius 1 is 1.38 bits per heavy atom. The van der Waals surface area contributed by atoms with Crippen LogP contribution in [-0.4, -0.2) is 39.1 Å². The van der Waals surface area contributed by atoms with Gasteiger partial charge in [0.2, 0.25) is 5.91 Å². The first kappa shape index (κ1) is 14.6. The molecule has 1 atom stereocenters. The van der Waals surface area contributed by atoms with Crippen LogP contribution < -0.4 is 5.73 Å². The van der Waals surface area contributed by atoms with E-state index in [-0.39, 0.29) is 11.2 Å². The number of hydrogen-bond donors (Lipinski definition) is 1. The lowest BCUT2D eigenvalue weighted by Gasteiger charge is -2.28. The number of amides is 1. The van der Waals surface area contributed by atoms with Gasteiger partial charge in [-0.25, -0.2) is 9.97 Å². The number of nitrogens with two attached hydrogens (primary N) is 1. The smallest absolute Gasteiger partial charge is 0.235 e. The molecular formula is C14H18N4OS2. The standard InChI is InChI=1S/C14H18N4OS2/c1-9(13(19)18-6-3-2-4-7-18)21-14-16-11(15)10-5-8-20-12(10)17-14/h5,8-9H,2-4,6-7H2,1H3,(H2,15,16,17). The largest absolute Gasteiger partial charge is 0.383 e. The minimum atomic E-state index is -0.181. The number of nitrogens with zero attached hydrogens (tertiary/aromatic N) is 3. The summed E-state index contributed by atoms with van der Waals surface area (Å²) >= 11 is 2.93. The molecule has 3 heterocycles. The van der Waals surface area contributed by atoms with Gasteiger partial charge in [-0.3, -0.25) is 4.79 Å². The Balaban J connectivity index is 1.73. The van der Waals surface area contributed by atoms with Crippen LogP contribution in [0.15, 0.2) is 16.6 Å². The molecule has 21 heavy (non-hydrogen) atoms. The molecule has 0 bridgehead atoms. The first-order chi connectivity index (χ1) is 10.1. The van der Waals surface area contributed by atoms with Crippen LogP contribution in [0.4, 0.5) is 5.82 Å². The third-order valence-corrected chi connectivity index (χ3v) is 5.39. The lowest BCUT2D eigenvalue weighted by atomic mass is 10.1. The normalized spacial score (nSPS) is 17.1. The Morgan fingerprint density at radius 3 is 2.90 bits per heavy atom. The number of hydrogen-bond acceptors (Lipinski definition) is 6. The van der Waals surface area contributed by atoms with Crippen molar-refractivity contribution in [2.24, 2.45) is 0 Å². The van der Waals surface area contributed by atoms with Crippen molar-refractivity contribution < 1.29 is 4.79 Å². The zero-order valence-corrected chi connectivity index (χ0v) is 13.5. The number of rotatable bonds is 3. The van der Waals surface area contributed by atoms with Crippen LogP contribution in [0.5, 0.6) is 0 Å². The maximum atomic E-state index is 12.4. The van der Waals surface area contributed by atoms with Gasteiger partial charge in [-0.15, -0.1) is 11.3 Å². The average Bonchev–Trinajstić information content (AvgIpc) is 2.96. The number of likely N-dealkylation sites (tertiary alicyclic amines) is 1. The number of piperidine rings is 1. The van der Waals surface area contributed by atoms with Crippen LogP contribution in [0.2, 0.25) is 0 Å². The summed E-state index contributed by atoms with van der Waals surface area (Å²) in [5.74, 6) is 0.662. The molecular weight excluding hydrogens is 304 g/mol. The Morgan fingerprint density at radius 2 is 2.14 bits per heavy atom. The first-order valence-electron chi connectivity index (χ1n) is 7.11. The van der Waals surface area contributed by atoms with E-state index >= 15 is 0 Å². The zero-order valence-electron chi connectivity index (χ0n) is 11.9. The van der Waals surface area contributed by atoms with Gasteiger partial charge in [0, 0.05) is 13.1 Å². The molecule has 0 radical (unpaired) electrons. The Bertz CT molecular complexity index is 651. The van der Waals surface area contributed by atoms with E-state index < -0.39 is 0 Å². The number of nitrogen functional groups attached to an aromatic ring is 1. The van der Waals surface area contributed by atoms with E-state index in [1.807, 2.05) is 23.3 Å². The molecule has 0 saturated carbocycles. The lowest BCUT2D eigenvalue weighted by Crippen LogP contribution is -2.40. The quantitative estimate of drug-likeness (QED) is 0.695. The van der Waals surface area contributed by atoms with Gasteiger partial charge >= 0.3 is 0 Å². The Kier molecular flexibility index (Phi) is 4.30. The topological polar surface area (TPSA) is 72.1 Å². The second-order valence-electron chi connectivity index (χ2n) is 5.18. The van der Waals surface area contributed by atoms with Gasteiger partial charge in [0.25, 0.3) is 0 Å². The van der Waals surface area contributed by atoms with Crippen molar-refractivity contribution in [3.8, 4) is 0 Å². The van der Waals surface area contributed by atoms with Gasteiger partial charge in [0.05, 0.1) is 10.6 Å². The predicted molar refractivity (Wildman–Crippen MR) is 87.6 cm³/mol. The fourth-order valence-electron chi connectivity index (χ4n) is 2.49. The number of thioether (sulfide) groups is 1. The molecule has 3 rings (SSSR count). The van der Waals surface area contributed by atoms with Crippen LogP contribution >= 0.6 is 23.1 Å². The molecule has 1 aliphatic heterocycles. The van der Waals surface area contributed by atoms with Gasteiger partial charge in [0.1, 0.15) is 10.6 Å². The summed E-state index contributed by atoms with van der Waals surface area (Å²) in [5, 5.41) is 3.24. The van der Waals surface area contributed by atoms with Gasteiger partial charge in [-0.1, -0.05) is 11.8 Å². The predicted octanol–water partition coefficient (Wildman–Crippen LogP) is 2.77. The SMILES string of the molecule is CC(Sc1nc(N)c2ccsc2n1)C(=O)N1CCCCC1. The third kappa shape index (κ3) is 3.13. The van der Waals surface area contributed by atoms with Gasteiger partial charge in [0.15, 0.2) is 5.16 Å². The molecule has 2 N–H and O–H groups in total. The van der Waals surface area contributed by atoms with Gasteiger partial charge < -0.3 is 10.6 Å². The highest BCUT2D eigenvalue weighted by Crippen LogP contribution is 2.29. The van der Waals surface area contributed by atoms with Crippen molar-refractivity contribution in [2.45, 2.75) is 36.6 Å². The minimum Gasteiger partial charge on any atom is -0.383 e. The molecule has 1 fully saturated rings. The summed E-state index contributed by atoms with van der Waals surface area (Å²) in [7, 11) is 0. The number of thiophene rings is 1. The van der Waals surface area contributed by atoms with E-state index in [0.717, 1.165) is 36.1 Å². The van der Waals surface area contributed by atoms with Crippen molar-refractivity contribution in [3.05, 3.63) is 11.4 Å². The number of fused-ring (bicyclic) bond motifs is 1. The van der Waals surface area contributed by atoms with E-state index in [2.05, 4.69) is 9.97 Å². The minimum absolute atomic E-state index is 0.174. The highest BCUT2D eigenvalue weighted by atomic mass is 32.2.